The fraction of sp³-hybridized carbons (Fsp3) is 0.667. The number of carbonyl (C=O) groups excluding carboxylic acids is 1. The number of aromatic nitrogens is 1. The van der Waals surface area contributed by atoms with E-state index in [1.165, 1.54) is 6.07 Å². The van der Waals surface area contributed by atoms with Gasteiger partial charge in [-0.1, -0.05) is 13.3 Å². The van der Waals surface area contributed by atoms with Crippen LogP contribution in [0, 0.1) is 0 Å². The number of carbonyl (C=O) groups is 1. The average Bonchev–Trinajstić information content (AvgIpc) is 3.09. The van der Waals surface area contributed by atoms with Crippen molar-refractivity contribution in [3.8, 4) is 5.75 Å². The molecule has 0 radical (unpaired) electrons. The molecule has 1 spiro atoms. The third-order valence-corrected chi connectivity index (χ3v) is 5.08. The quantitative estimate of drug-likeness (QED) is 0.729. The second-order valence-electron chi connectivity index (χ2n) is 6.52. The van der Waals surface area contributed by atoms with Crippen LogP contribution in [0.15, 0.2) is 17.1 Å². The van der Waals surface area contributed by atoms with Crippen molar-refractivity contribution in [1.29, 1.82) is 0 Å². The van der Waals surface area contributed by atoms with Crippen molar-refractivity contribution in [2.24, 2.45) is 0 Å². The van der Waals surface area contributed by atoms with E-state index in [4.69, 9.17) is 14.2 Å². The number of methoxy groups -OCH3 is 1. The maximum Gasteiger partial charge on any atom is 0.276 e. The number of nitrogens with zero attached hydrogens (tertiary/aromatic N) is 2. The molecular weight excluding hydrogens is 324 g/mol. The van der Waals surface area contributed by atoms with E-state index in [1.54, 1.807) is 18.2 Å². The van der Waals surface area contributed by atoms with Crippen LogP contribution in [-0.2, 0) is 15.0 Å². The number of amides is 1. The number of hydrogen-bond donors (Lipinski definition) is 0. The van der Waals surface area contributed by atoms with Gasteiger partial charge in [-0.15, -0.1) is 0 Å². The van der Waals surface area contributed by atoms with E-state index >= 15 is 0 Å². The molecule has 0 N–H and O–H groups in total. The molecule has 2 atom stereocenters. The van der Waals surface area contributed by atoms with Gasteiger partial charge in [0.05, 0.1) is 13.2 Å². The van der Waals surface area contributed by atoms with E-state index in [2.05, 4.69) is 6.92 Å². The zero-order valence-electron chi connectivity index (χ0n) is 15.1. The van der Waals surface area contributed by atoms with Crippen molar-refractivity contribution in [3.63, 3.8) is 0 Å². The van der Waals surface area contributed by atoms with Gasteiger partial charge in [0.2, 0.25) is 5.43 Å². The van der Waals surface area contributed by atoms with E-state index in [1.807, 2.05) is 11.5 Å². The lowest BCUT2D eigenvalue weighted by molar-refractivity contribution is -0.105. The first-order valence-corrected chi connectivity index (χ1v) is 8.91. The molecule has 1 aromatic rings. The molecule has 0 saturated carbocycles. The van der Waals surface area contributed by atoms with Gasteiger partial charge < -0.3 is 23.7 Å². The minimum Gasteiger partial charge on any atom is -0.487 e. The zero-order chi connectivity index (χ0) is 18.0. The topological polar surface area (TPSA) is 70.0 Å². The monoisotopic (exact) mass is 350 g/mol. The van der Waals surface area contributed by atoms with Gasteiger partial charge in [-0.25, -0.2) is 0 Å². The van der Waals surface area contributed by atoms with Gasteiger partial charge in [0.25, 0.3) is 5.91 Å². The lowest BCUT2D eigenvalue weighted by atomic mass is 9.90. The third-order valence-electron chi connectivity index (χ3n) is 5.08. The van der Waals surface area contributed by atoms with Crippen molar-refractivity contribution < 1.29 is 19.0 Å². The molecule has 2 aliphatic rings. The summed E-state index contributed by atoms with van der Waals surface area (Å²) in [5.74, 6) is -0.101. The molecule has 2 unspecified atom stereocenters. The van der Waals surface area contributed by atoms with Crippen LogP contribution in [-0.4, -0.2) is 55.1 Å². The zero-order valence-corrected chi connectivity index (χ0v) is 15.1. The molecule has 3 rings (SSSR count). The molecule has 25 heavy (non-hydrogen) atoms. The Hall–Kier alpha value is -1.86. The van der Waals surface area contributed by atoms with E-state index in [-0.39, 0.29) is 17.1 Å². The van der Waals surface area contributed by atoms with E-state index in [9.17, 15) is 9.59 Å². The molecule has 0 bridgehead atoms. The summed E-state index contributed by atoms with van der Waals surface area (Å²) in [6, 6.07) is 1.46. The second-order valence-corrected chi connectivity index (χ2v) is 6.52. The van der Waals surface area contributed by atoms with Crippen molar-refractivity contribution in [2.45, 2.75) is 44.9 Å². The normalized spacial score (nSPS) is 25.5. The van der Waals surface area contributed by atoms with Crippen LogP contribution in [0.2, 0.25) is 0 Å². The summed E-state index contributed by atoms with van der Waals surface area (Å²) in [4.78, 5) is 27.2. The summed E-state index contributed by atoms with van der Waals surface area (Å²) in [5.41, 5.74) is -0.495. The molecule has 7 heteroatoms. The van der Waals surface area contributed by atoms with Crippen LogP contribution in [0.25, 0.3) is 0 Å². The van der Waals surface area contributed by atoms with Crippen LogP contribution in [0.5, 0.6) is 5.75 Å². The molecule has 0 aromatic carbocycles. The lowest BCUT2D eigenvalue weighted by Gasteiger charge is -2.48. The van der Waals surface area contributed by atoms with Crippen LogP contribution in [0.1, 0.15) is 43.6 Å². The van der Waals surface area contributed by atoms with E-state index < -0.39 is 11.8 Å². The minimum atomic E-state index is -0.537. The highest BCUT2D eigenvalue weighted by Crippen LogP contribution is 2.41. The van der Waals surface area contributed by atoms with Crippen LogP contribution >= 0.6 is 0 Å². The third kappa shape index (κ3) is 2.75. The van der Waals surface area contributed by atoms with Crippen LogP contribution in [0.4, 0.5) is 0 Å². The Balaban J connectivity index is 2.17. The van der Waals surface area contributed by atoms with Gasteiger partial charge >= 0.3 is 0 Å². The number of ether oxygens (including phenoxy) is 3. The molecule has 0 aliphatic carbocycles. The standard InChI is InChI=1S/C18H26N2O5/c1-4-6-10-25-15-13(21)7-9-20-14(15)16(22)19(5-2)17(23-3)18(20)8-11-24-12-18/h7,9,17H,4-6,8,10-12H2,1-3H3. The first-order valence-electron chi connectivity index (χ1n) is 8.91. The lowest BCUT2D eigenvalue weighted by Crippen LogP contribution is -2.62. The van der Waals surface area contributed by atoms with Crippen molar-refractivity contribution >= 4 is 5.91 Å². The van der Waals surface area contributed by atoms with Crippen LogP contribution in [0.3, 0.4) is 0 Å². The Morgan fingerprint density at radius 1 is 1.36 bits per heavy atom. The SMILES string of the molecule is CCCCOc1c2n(ccc1=O)C1(CCOC1)C(OC)N(CC)C2=O. The number of rotatable bonds is 6. The first-order chi connectivity index (χ1) is 12.1. The van der Waals surface area contributed by atoms with Crippen molar-refractivity contribution in [2.75, 3.05) is 33.5 Å². The number of unbranched alkanes of at least 4 members (excludes halogenated alkanes) is 1. The predicted molar refractivity (Wildman–Crippen MR) is 92.0 cm³/mol. The van der Waals surface area contributed by atoms with E-state index in [0.717, 1.165) is 12.8 Å². The molecule has 1 saturated heterocycles. The summed E-state index contributed by atoms with van der Waals surface area (Å²) in [7, 11) is 1.60. The fourth-order valence-corrected chi connectivity index (χ4v) is 3.81. The van der Waals surface area contributed by atoms with Crippen LogP contribution < -0.4 is 10.2 Å². The van der Waals surface area contributed by atoms with Gasteiger partial charge in [0, 0.05) is 38.9 Å². The Bertz CT molecular complexity index is 693. The molecule has 1 aromatic heterocycles. The predicted octanol–water partition coefficient (Wildman–Crippen LogP) is 1.59. The highest BCUT2D eigenvalue weighted by atomic mass is 16.5. The highest BCUT2D eigenvalue weighted by Gasteiger charge is 2.53. The summed E-state index contributed by atoms with van der Waals surface area (Å²) in [6.07, 6.45) is 3.73. The van der Waals surface area contributed by atoms with Gasteiger partial charge in [-0.05, 0) is 13.3 Å². The maximum atomic E-state index is 13.1. The fourth-order valence-electron chi connectivity index (χ4n) is 3.81. The molecule has 138 valence electrons. The maximum absolute atomic E-state index is 13.1. The number of likely N-dealkylation sites (N-methyl/N-ethyl adjacent to an activating group) is 1. The second kappa shape index (κ2) is 7.17. The van der Waals surface area contributed by atoms with Gasteiger partial charge in [-0.3, -0.25) is 9.59 Å². The first kappa shape index (κ1) is 17.9. The summed E-state index contributed by atoms with van der Waals surface area (Å²) in [6.45, 7) is 5.87. The highest BCUT2D eigenvalue weighted by molar-refractivity contribution is 5.96. The number of hydrogen-bond acceptors (Lipinski definition) is 5. The van der Waals surface area contributed by atoms with E-state index in [0.29, 0.717) is 38.5 Å². The average molecular weight is 350 g/mol. The summed E-state index contributed by atoms with van der Waals surface area (Å²) in [5, 5.41) is 0. The summed E-state index contributed by atoms with van der Waals surface area (Å²) < 4.78 is 19.0. The Morgan fingerprint density at radius 2 is 2.16 bits per heavy atom. The van der Waals surface area contributed by atoms with Gasteiger partial charge in [0.15, 0.2) is 17.7 Å². The molecule has 3 heterocycles. The molecule has 7 nitrogen and oxygen atoms in total. The Kier molecular flexibility index (Phi) is 5.15. The summed E-state index contributed by atoms with van der Waals surface area (Å²) >= 11 is 0. The van der Waals surface area contributed by atoms with Crippen molar-refractivity contribution in [1.82, 2.24) is 9.47 Å². The Labute approximate surface area is 147 Å². The molecule has 1 fully saturated rings. The molecular formula is C18H26N2O5. The van der Waals surface area contributed by atoms with Crippen molar-refractivity contribution in [3.05, 3.63) is 28.2 Å². The molecule has 1 amide bonds. The largest absolute Gasteiger partial charge is 0.487 e. The number of pyridine rings is 1. The van der Waals surface area contributed by atoms with Gasteiger partial charge in [0.1, 0.15) is 5.54 Å². The van der Waals surface area contributed by atoms with Gasteiger partial charge in [-0.2, -0.15) is 0 Å². The Morgan fingerprint density at radius 3 is 2.76 bits per heavy atom. The number of fused-ring (bicyclic) bond motifs is 2. The smallest absolute Gasteiger partial charge is 0.276 e. The minimum absolute atomic E-state index is 0.139. The molecule has 2 aliphatic heterocycles.